The van der Waals surface area contributed by atoms with Crippen molar-refractivity contribution < 1.29 is 24.6 Å². The summed E-state index contributed by atoms with van der Waals surface area (Å²) in [5.74, 6) is -0.0898. The lowest BCUT2D eigenvalue weighted by Gasteiger charge is -2.46. The second kappa shape index (κ2) is 9.09. The molecule has 2 aliphatic rings. The number of H-pyrrole nitrogens is 1. The van der Waals surface area contributed by atoms with Gasteiger partial charge in [-0.3, -0.25) is 14.4 Å². The number of aromatic nitrogens is 1. The number of benzene rings is 1. The van der Waals surface area contributed by atoms with Crippen molar-refractivity contribution in [1.29, 1.82) is 0 Å². The molecule has 3 heterocycles. The zero-order valence-corrected chi connectivity index (χ0v) is 18.3. The summed E-state index contributed by atoms with van der Waals surface area (Å²) < 4.78 is 0. The van der Waals surface area contributed by atoms with Crippen LogP contribution in [-0.2, 0) is 20.8 Å². The second-order valence-corrected chi connectivity index (χ2v) is 8.60. The van der Waals surface area contributed by atoms with Crippen molar-refractivity contribution in [2.24, 2.45) is 5.41 Å². The number of piperidine rings is 2. The average molecular weight is 430 g/mol. The number of hydrogen-bond acceptors (Lipinski definition) is 4. The Morgan fingerprint density at radius 3 is 2.65 bits per heavy atom. The Hall–Kier alpha value is -2.87. The summed E-state index contributed by atoms with van der Waals surface area (Å²) in [6.07, 6.45) is 1.55. The van der Waals surface area contributed by atoms with Crippen molar-refractivity contribution in [2.75, 3.05) is 19.6 Å². The number of aryl methyl sites for hydroxylation is 3. The largest absolute Gasteiger partial charge is 0.483 e. The van der Waals surface area contributed by atoms with E-state index in [0.717, 1.165) is 34.1 Å². The normalized spacial score (nSPS) is 23.3. The Bertz CT molecular complexity index is 999. The van der Waals surface area contributed by atoms with Gasteiger partial charge in [0.2, 0.25) is 11.8 Å². The number of aromatic amines is 1. The number of amides is 2. The lowest BCUT2D eigenvalue weighted by atomic mass is 9.71. The van der Waals surface area contributed by atoms with Gasteiger partial charge >= 0.3 is 0 Å². The van der Waals surface area contributed by atoms with Gasteiger partial charge in [0.15, 0.2) is 0 Å². The number of aliphatic hydroxyl groups is 1. The predicted molar refractivity (Wildman–Crippen MR) is 117 cm³/mol. The van der Waals surface area contributed by atoms with E-state index >= 15 is 0 Å². The molecule has 2 saturated heterocycles. The van der Waals surface area contributed by atoms with E-state index in [2.05, 4.69) is 36.3 Å². The van der Waals surface area contributed by atoms with Crippen LogP contribution >= 0.6 is 0 Å². The van der Waals surface area contributed by atoms with Gasteiger partial charge in [0.1, 0.15) is 0 Å². The number of carbonyl (C=O) groups is 3. The van der Waals surface area contributed by atoms with Gasteiger partial charge in [-0.25, -0.2) is 0 Å². The fraction of sp³-hybridized carbons (Fsp3) is 0.522. The van der Waals surface area contributed by atoms with Crippen LogP contribution in [0.5, 0.6) is 0 Å². The van der Waals surface area contributed by atoms with Crippen LogP contribution in [0.15, 0.2) is 12.1 Å². The van der Waals surface area contributed by atoms with Gasteiger partial charge in [0, 0.05) is 36.2 Å². The van der Waals surface area contributed by atoms with Crippen molar-refractivity contribution in [2.45, 2.75) is 52.6 Å². The topological polar surface area (TPSA) is 123 Å². The number of carbonyl (C=O) groups excluding carboxylic acids is 2. The van der Waals surface area contributed by atoms with E-state index in [-0.39, 0.29) is 18.3 Å². The van der Waals surface area contributed by atoms with Crippen LogP contribution in [0.2, 0.25) is 0 Å². The molecule has 2 aliphatic heterocycles. The van der Waals surface area contributed by atoms with Gasteiger partial charge in [-0.1, -0.05) is 12.1 Å². The van der Waals surface area contributed by atoms with Crippen LogP contribution in [0.4, 0.5) is 0 Å². The fourth-order valence-electron chi connectivity index (χ4n) is 4.95. The van der Waals surface area contributed by atoms with Crippen molar-refractivity contribution in [3.63, 3.8) is 0 Å². The average Bonchev–Trinajstić information content (AvgIpc) is 3.07. The van der Waals surface area contributed by atoms with E-state index < -0.39 is 11.5 Å². The van der Waals surface area contributed by atoms with E-state index in [0.29, 0.717) is 38.9 Å². The molecule has 8 nitrogen and oxygen atoms in total. The van der Waals surface area contributed by atoms with E-state index in [4.69, 9.17) is 9.90 Å². The summed E-state index contributed by atoms with van der Waals surface area (Å²) >= 11 is 0. The SMILES string of the molecule is Cc1[nH]c2c(C)ccc(C)c2c1CC(=O)N1CC[C@H](O)[C@@]2(CCCNC2=O)C1.O=CO. The molecule has 4 rings (SSSR count). The van der Waals surface area contributed by atoms with E-state index in [1.54, 1.807) is 4.90 Å². The molecule has 2 atom stereocenters. The third-order valence-corrected chi connectivity index (χ3v) is 6.69. The number of nitrogens with zero attached hydrogens (tertiary/aromatic N) is 1. The monoisotopic (exact) mass is 429 g/mol. The molecule has 2 fully saturated rings. The van der Waals surface area contributed by atoms with Crippen LogP contribution in [0.3, 0.4) is 0 Å². The van der Waals surface area contributed by atoms with Gasteiger partial charge < -0.3 is 25.4 Å². The fourth-order valence-corrected chi connectivity index (χ4v) is 4.95. The highest BCUT2D eigenvalue weighted by Crippen LogP contribution is 2.38. The highest BCUT2D eigenvalue weighted by molar-refractivity contribution is 5.94. The van der Waals surface area contributed by atoms with Crippen molar-refractivity contribution >= 4 is 29.2 Å². The lowest BCUT2D eigenvalue weighted by Crippen LogP contribution is -2.62. The van der Waals surface area contributed by atoms with Gasteiger partial charge in [-0.05, 0) is 56.7 Å². The molecule has 168 valence electrons. The van der Waals surface area contributed by atoms with Crippen molar-refractivity contribution in [1.82, 2.24) is 15.2 Å². The Morgan fingerprint density at radius 2 is 1.97 bits per heavy atom. The molecule has 4 N–H and O–H groups in total. The first-order valence-electron chi connectivity index (χ1n) is 10.6. The number of carboxylic acid groups (broad SMARTS) is 1. The maximum Gasteiger partial charge on any atom is 0.290 e. The van der Waals surface area contributed by atoms with E-state index in [1.165, 1.54) is 5.56 Å². The van der Waals surface area contributed by atoms with E-state index in [9.17, 15) is 14.7 Å². The van der Waals surface area contributed by atoms with E-state index in [1.807, 2.05) is 6.92 Å². The zero-order valence-electron chi connectivity index (χ0n) is 18.3. The number of fused-ring (bicyclic) bond motifs is 1. The molecule has 31 heavy (non-hydrogen) atoms. The van der Waals surface area contributed by atoms with Gasteiger partial charge in [0.05, 0.1) is 17.9 Å². The second-order valence-electron chi connectivity index (χ2n) is 8.60. The summed E-state index contributed by atoms with van der Waals surface area (Å²) in [4.78, 5) is 39.3. The quantitative estimate of drug-likeness (QED) is 0.543. The summed E-state index contributed by atoms with van der Waals surface area (Å²) in [6.45, 7) is 7.35. The number of hydrogen-bond donors (Lipinski definition) is 4. The minimum absolute atomic E-state index is 0.0227. The summed E-state index contributed by atoms with van der Waals surface area (Å²) in [7, 11) is 0. The first-order chi connectivity index (χ1) is 14.7. The summed E-state index contributed by atoms with van der Waals surface area (Å²) in [6, 6.07) is 4.19. The van der Waals surface area contributed by atoms with Crippen LogP contribution in [-0.4, -0.2) is 64.1 Å². The maximum absolute atomic E-state index is 13.2. The molecule has 2 aromatic rings. The summed E-state index contributed by atoms with van der Waals surface area (Å²) in [5, 5.41) is 21.5. The maximum atomic E-state index is 13.2. The first kappa shape index (κ1) is 22.8. The highest BCUT2D eigenvalue weighted by Gasteiger charge is 2.50. The summed E-state index contributed by atoms with van der Waals surface area (Å²) in [5.41, 5.74) is 4.62. The molecular formula is C23H31N3O5. The Labute approximate surface area is 181 Å². The highest BCUT2D eigenvalue weighted by atomic mass is 16.3. The third kappa shape index (κ3) is 4.17. The van der Waals surface area contributed by atoms with Crippen molar-refractivity contribution in [3.05, 3.63) is 34.5 Å². The Kier molecular flexibility index (Phi) is 6.69. The minimum atomic E-state index is -0.853. The van der Waals surface area contributed by atoms with Crippen LogP contribution in [0.25, 0.3) is 10.9 Å². The van der Waals surface area contributed by atoms with Gasteiger partial charge in [0.25, 0.3) is 6.47 Å². The molecule has 8 heteroatoms. The molecule has 0 saturated carbocycles. The molecule has 1 aromatic carbocycles. The molecule has 0 aliphatic carbocycles. The van der Waals surface area contributed by atoms with Crippen molar-refractivity contribution in [3.8, 4) is 0 Å². The predicted octanol–water partition coefficient (Wildman–Crippen LogP) is 1.83. The lowest BCUT2D eigenvalue weighted by molar-refractivity contribution is -0.154. The number of rotatable bonds is 2. The number of aliphatic hydroxyl groups excluding tert-OH is 1. The van der Waals surface area contributed by atoms with Gasteiger partial charge in [-0.2, -0.15) is 0 Å². The Balaban J connectivity index is 0.000000858. The third-order valence-electron chi connectivity index (χ3n) is 6.69. The standard InChI is InChI=1S/C22H29N3O3.CH2O2/c1-13-5-6-14(2)20-19(13)16(15(3)24-20)11-18(27)25-10-7-17(26)22(12-25)8-4-9-23-21(22)28;2-1-3/h5-6,17,24,26H,4,7-12H2,1-3H3,(H,23,28);1H,(H,2,3)/t17-,22+;/m0./s1. The van der Waals surface area contributed by atoms with Crippen LogP contribution in [0.1, 0.15) is 41.6 Å². The van der Waals surface area contributed by atoms with Gasteiger partial charge in [-0.15, -0.1) is 0 Å². The van der Waals surface area contributed by atoms with Crippen LogP contribution < -0.4 is 5.32 Å². The molecule has 1 spiro atoms. The minimum Gasteiger partial charge on any atom is -0.483 e. The molecule has 0 radical (unpaired) electrons. The number of likely N-dealkylation sites (tertiary alicyclic amines) is 1. The first-order valence-corrected chi connectivity index (χ1v) is 10.6. The molecular weight excluding hydrogens is 398 g/mol. The molecule has 0 unspecified atom stereocenters. The van der Waals surface area contributed by atoms with Crippen LogP contribution in [0, 0.1) is 26.2 Å². The molecule has 1 aromatic heterocycles. The smallest absolute Gasteiger partial charge is 0.290 e. The number of nitrogens with one attached hydrogen (secondary N) is 2. The molecule has 0 bridgehead atoms. The molecule has 2 amide bonds. The zero-order chi connectivity index (χ0) is 22.8. The Morgan fingerprint density at radius 1 is 1.29 bits per heavy atom.